The van der Waals surface area contributed by atoms with E-state index in [0.717, 1.165) is 12.4 Å². The third-order valence-corrected chi connectivity index (χ3v) is 4.40. The minimum atomic E-state index is -3.86. The molecule has 1 heterocycles. The van der Waals surface area contributed by atoms with Crippen LogP contribution in [0, 0.1) is 12.7 Å². The van der Waals surface area contributed by atoms with Crippen molar-refractivity contribution in [2.24, 2.45) is 0 Å². The van der Waals surface area contributed by atoms with Crippen LogP contribution in [-0.4, -0.2) is 18.4 Å². The summed E-state index contributed by atoms with van der Waals surface area (Å²) in [7, 11) is -3.86. The van der Waals surface area contributed by atoms with Crippen molar-refractivity contribution in [3.63, 3.8) is 0 Å². The molecule has 0 unspecified atom stereocenters. The van der Waals surface area contributed by atoms with Crippen molar-refractivity contribution in [1.29, 1.82) is 0 Å². The van der Waals surface area contributed by atoms with Crippen LogP contribution in [0.4, 0.5) is 16.0 Å². The number of nitrogens with one attached hydrogen (secondary N) is 1. The number of aryl methyl sites for hydroxylation is 1. The van der Waals surface area contributed by atoms with Crippen molar-refractivity contribution in [3.05, 3.63) is 40.4 Å². The Balaban J connectivity index is 2.38. The quantitative estimate of drug-likeness (QED) is 0.872. The van der Waals surface area contributed by atoms with Crippen molar-refractivity contribution in [1.82, 2.24) is 9.97 Å². The number of aromatic nitrogens is 2. The summed E-state index contributed by atoms with van der Waals surface area (Å²) in [6.07, 6.45) is 2.19. The maximum absolute atomic E-state index is 13.3. The Labute approximate surface area is 123 Å². The Hall–Kier alpha value is -1.74. The van der Waals surface area contributed by atoms with Gasteiger partial charge in [0.15, 0.2) is 0 Å². The summed E-state index contributed by atoms with van der Waals surface area (Å²) >= 11 is 3.00. The molecule has 0 bridgehead atoms. The van der Waals surface area contributed by atoms with Gasteiger partial charge in [-0.2, -0.15) is 0 Å². The van der Waals surface area contributed by atoms with E-state index in [-0.39, 0.29) is 21.0 Å². The highest BCUT2D eigenvalue weighted by atomic mass is 79.9. The smallest absolute Gasteiger partial charge is 0.264 e. The average molecular weight is 361 g/mol. The SMILES string of the molecule is Cc1cc(F)c(Br)cc1NS(=O)(=O)c1cnc(N)nc1. The van der Waals surface area contributed by atoms with Gasteiger partial charge in [-0.25, -0.2) is 22.8 Å². The van der Waals surface area contributed by atoms with Gasteiger partial charge in [-0.3, -0.25) is 4.72 Å². The summed E-state index contributed by atoms with van der Waals surface area (Å²) in [6.45, 7) is 1.59. The van der Waals surface area contributed by atoms with Gasteiger partial charge in [0.25, 0.3) is 10.0 Å². The number of hydrogen-bond acceptors (Lipinski definition) is 5. The van der Waals surface area contributed by atoms with E-state index in [1.54, 1.807) is 6.92 Å². The number of benzene rings is 1. The normalized spacial score (nSPS) is 11.3. The fourth-order valence-corrected chi connectivity index (χ4v) is 2.78. The minimum absolute atomic E-state index is 0.0235. The summed E-state index contributed by atoms with van der Waals surface area (Å²) in [5.74, 6) is -0.495. The molecule has 0 radical (unpaired) electrons. The van der Waals surface area contributed by atoms with Crippen LogP contribution in [0.5, 0.6) is 0 Å². The number of rotatable bonds is 3. The predicted octanol–water partition coefficient (Wildman–Crippen LogP) is 2.07. The van der Waals surface area contributed by atoms with Crippen molar-refractivity contribution in [2.45, 2.75) is 11.8 Å². The molecule has 2 rings (SSSR count). The maximum Gasteiger partial charge on any atom is 0.264 e. The Morgan fingerprint density at radius 3 is 2.50 bits per heavy atom. The van der Waals surface area contributed by atoms with Crippen LogP contribution < -0.4 is 10.5 Å². The van der Waals surface area contributed by atoms with Gasteiger partial charge in [0.2, 0.25) is 5.95 Å². The zero-order valence-electron chi connectivity index (χ0n) is 10.3. The molecule has 0 aliphatic rings. The Bertz CT molecular complexity index is 750. The van der Waals surface area contributed by atoms with E-state index in [9.17, 15) is 12.8 Å². The molecule has 1 aromatic heterocycles. The molecule has 1 aromatic carbocycles. The second kappa shape index (κ2) is 5.33. The standard InChI is InChI=1S/C11H10BrFN4O2S/c1-6-2-9(13)8(12)3-10(6)17-20(18,19)7-4-15-11(14)16-5-7/h2-5,17H,1H3,(H2,14,15,16). The summed E-state index contributed by atoms with van der Waals surface area (Å²) in [6, 6.07) is 2.57. The van der Waals surface area contributed by atoms with Gasteiger partial charge in [0.05, 0.1) is 22.6 Å². The first-order valence-corrected chi connectivity index (χ1v) is 7.63. The minimum Gasteiger partial charge on any atom is -0.368 e. The zero-order chi connectivity index (χ0) is 14.9. The van der Waals surface area contributed by atoms with Crippen molar-refractivity contribution in [2.75, 3.05) is 10.5 Å². The van der Waals surface area contributed by atoms with Gasteiger partial charge in [-0.05, 0) is 40.5 Å². The molecule has 9 heteroatoms. The van der Waals surface area contributed by atoms with E-state index in [2.05, 4.69) is 30.6 Å². The van der Waals surface area contributed by atoms with Gasteiger partial charge >= 0.3 is 0 Å². The molecular weight excluding hydrogens is 351 g/mol. The number of halogens is 2. The van der Waals surface area contributed by atoms with E-state index in [4.69, 9.17) is 5.73 Å². The molecule has 6 nitrogen and oxygen atoms in total. The lowest BCUT2D eigenvalue weighted by atomic mass is 10.2. The monoisotopic (exact) mass is 360 g/mol. The van der Waals surface area contributed by atoms with Crippen LogP contribution in [-0.2, 0) is 10.0 Å². The number of sulfonamides is 1. The molecule has 20 heavy (non-hydrogen) atoms. The van der Waals surface area contributed by atoms with Crippen LogP contribution in [0.25, 0.3) is 0 Å². The molecule has 0 aliphatic carbocycles. The van der Waals surface area contributed by atoms with Crippen LogP contribution in [0.15, 0.2) is 33.9 Å². The number of nitrogens with zero attached hydrogens (tertiary/aromatic N) is 2. The molecule has 0 atom stereocenters. The van der Waals surface area contributed by atoms with Gasteiger partial charge in [0.1, 0.15) is 10.7 Å². The highest BCUT2D eigenvalue weighted by Crippen LogP contribution is 2.26. The van der Waals surface area contributed by atoms with E-state index in [1.807, 2.05) is 0 Å². The summed E-state index contributed by atoms with van der Waals surface area (Å²) in [5.41, 5.74) is 6.01. The highest BCUT2D eigenvalue weighted by Gasteiger charge is 2.17. The molecule has 106 valence electrons. The largest absolute Gasteiger partial charge is 0.368 e. The van der Waals surface area contributed by atoms with Gasteiger partial charge in [-0.1, -0.05) is 0 Å². The van der Waals surface area contributed by atoms with Crippen LogP contribution >= 0.6 is 15.9 Å². The second-order valence-corrected chi connectivity index (χ2v) is 6.50. The van der Waals surface area contributed by atoms with Crippen molar-refractivity contribution < 1.29 is 12.8 Å². The topological polar surface area (TPSA) is 98.0 Å². The number of hydrogen-bond donors (Lipinski definition) is 2. The number of nitrogen functional groups attached to an aromatic ring is 1. The van der Waals surface area contributed by atoms with Gasteiger partial charge in [-0.15, -0.1) is 0 Å². The first-order valence-electron chi connectivity index (χ1n) is 5.35. The molecule has 0 saturated heterocycles. The fourth-order valence-electron chi connectivity index (χ4n) is 1.42. The molecule has 2 aromatic rings. The highest BCUT2D eigenvalue weighted by molar-refractivity contribution is 9.10. The molecule has 0 aliphatic heterocycles. The second-order valence-electron chi connectivity index (χ2n) is 3.96. The number of nitrogens with two attached hydrogens (primary N) is 1. The first kappa shape index (κ1) is 14.7. The summed E-state index contributed by atoms with van der Waals surface area (Å²) < 4.78 is 40.0. The Kier molecular flexibility index (Phi) is 3.91. The van der Waals surface area contributed by atoms with E-state index < -0.39 is 15.8 Å². The van der Waals surface area contributed by atoms with E-state index in [0.29, 0.717) is 5.56 Å². The maximum atomic E-state index is 13.3. The molecule has 0 fully saturated rings. The average Bonchev–Trinajstić information content (AvgIpc) is 2.36. The lowest BCUT2D eigenvalue weighted by Crippen LogP contribution is -2.15. The Morgan fingerprint density at radius 1 is 1.30 bits per heavy atom. The van der Waals surface area contributed by atoms with Crippen LogP contribution in [0.2, 0.25) is 0 Å². The molecule has 0 spiro atoms. The lowest BCUT2D eigenvalue weighted by molar-refractivity contribution is 0.600. The molecular formula is C11H10BrFN4O2S. The third kappa shape index (κ3) is 3.05. The fraction of sp³-hybridized carbons (Fsp3) is 0.0909. The van der Waals surface area contributed by atoms with Crippen molar-refractivity contribution >= 4 is 37.6 Å². The molecule has 3 N–H and O–H groups in total. The van der Waals surface area contributed by atoms with Gasteiger partial charge < -0.3 is 5.73 Å². The molecule has 0 amide bonds. The number of anilines is 2. The predicted molar refractivity (Wildman–Crippen MR) is 76.1 cm³/mol. The van der Waals surface area contributed by atoms with E-state index in [1.165, 1.54) is 12.1 Å². The van der Waals surface area contributed by atoms with E-state index >= 15 is 0 Å². The Morgan fingerprint density at radius 2 is 1.90 bits per heavy atom. The first-order chi connectivity index (χ1) is 9.29. The zero-order valence-corrected chi connectivity index (χ0v) is 12.7. The van der Waals surface area contributed by atoms with Crippen LogP contribution in [0.1, 0.15) is 5.56 Å². The van der Waals surface area contributed by atoms with Crippen molar-refractivity contribution in [3.8, 4) is 0 Å². The van der Waals surface area contributed by atoms with Gasteiger partial charge in [0, 0.05) is 0 Å². The van der Waals surface area contributed by atoms with Crippen LogP contribution in [0.3, 0.4) is 0 Å². The molecule has 0 saturated carbocycles. The summed E-state index contributed by atoms with van der Waals surface area (Å²) in [4.78, 5) is 7.11. The third-order valence-electron chi connectivity index (χ3n) is 2.47. The summed E-state index contributed by atoms with van der Waals surface area (Å²) in [5, 5.41) is 0. The lowest BCUT2D eigenvalue weighted by Gasteiger charge is -2.11.